The van der Waals surface area contributed by atoms with Crippen LogP contribution in [0, 0.1) is 0 Å². The topological polar surface area (TPSA) is 43.8 Å². The Labute approximate surface area is 112 Å². The van der Waals surface area contributed by atoms with Gasteiger partial charge in [0.1, 0.15) is 0 Å². The first-order valence-electron chi connectivity index (χ1n) is 6.49. The van der Waals surface area contributed by atoms with Gasteiger partial charge in [-0.1, -0.05) is 38.1 Å². The predicted octanol–water partition coefficient (Wildman–Crippen LogP) is 3.73. The van der Waals surface area contributed by atoms with Crippen molar-refractivity contribution in [3.63, 3.8) is 0 Å². The molecule has 0 aliphatic heterocycles. The zero-order valence-corrected chi connectivity index (χ0v) is 11.2. The van der Waals surface area contributed by atoms with Gasteiger partial charge in [-0.2, -0.15) is 5.10 Å². The number of nitrogens with two attached hydrogens (primary N) is 1. The normalized spacial score (nSPS) is 11.3. The van der Waals surface area contributed by atoms with Crippen molar-refractivity contribution >= 4 is 16.6 Å². The first-order chi connectivity index (χ1) is 9.16. The number of hydrogen-bond donors (Lipinski definition) is 1. The van der Waals surface area contributed by atoms with Gasteiger partial charge in [-0.05, 0) is 29.7 Å². The molecule has 3 nitrogen and oxygen atoms in total. The minimum Gasteiger partial charge on any atom is -0.397 e. The van der Waals surface area contributed by atoms with Gasteiger partial charge in [0.05, 0.1) is 23.1 Å². The van der Waals surface area contributed by atoms with Crippen LogP contribution < -0.4 is 5.73 Å². The van der Waals surface area contributed by atoms with Crippen LogP contribution in [0.5, 0.6) is 0 Å². The molecule has 0 saturated carbocycles. The van der Waals surface area contributed by atoms with Gasteiger partial charge in [0.15, 0.2) is 0 Å². The monoisotopic (exact) mass is 251 g/mol. The smallest absolute Gasteiger partial charge is 0.0884 e. The maximum absolute atomic E-state index is 6.11. The van der Waals surface area contributed by atoms with Crippen molar-refractivity contribution in [2.24, 2.45) is 0 Å². The summed E-state index contributed by atoms with van der Waals surface area (Å²) in [5.41, 5.74) is 10.2. The summed E-state index contributed by atoms with van der Waals surface area (Å²) in [7, 11) is 0. The van der Waals surface area contributed by atoms with Gasteiger partial charge in [0, 0.05) is 5.39 Å². The molecule has 0 aliphatic carbocycles. The molecule has 0 aliphatic rings. The van der Waals surface area contributed by atoms with E-state index in [1.165, 1.54) is 5.56 Å². The average molecular weight is 251 g/mol. The van der Waals surface area contributed by atoms with Gasteiger partial charge in [-0.15, -0.1) is 0 Å². The van der Waals surface area contributed by atoms with Crippen LogP contribution in [-0.2, 0) is 0 Å². The molecule has 0 atom stereocenters. The third kappa shape index (κ3) is 1.97. The highest BCUT2D eigenvalue weighted by Gasteiger charge is 2.09. The molecule has 0 unspecified atom stereocenters. The number of fused-ring (bicyclic) bond motifs is 1. The van der Waals surface area contributed by atoms with Crippen LogP contribution in [0.2, 0.25) is 0 Å². The zero-order valence-electron chi connectivity index (χ0n) is 11.2. The SMILES string of the molecule is CC(C)c1ccc(N)c(-n2ncc3ccccc32)c1. The number of para-hydroxylation sites is 1. The van der Waals surface area contributed by atoms with E-state index in [1.807, 2.05) is 29.1 Å². The average Bonchev–Trinajstić information content (AvgIpc) is 2.83. The lowest BCUT2D eigenvalue weighted by Gasteiger charge is -2.12. The lowest BCUT2D eigenvalue weighted by Crippen LogP contribution is -2.02. The Morgan fingerprint density at radius 3 is 2.68 bits per heavy atom. The summed E-state index contributed by atoms with van der Waals surface area (Å²) in [6, 6.07) is 14.3. The molecule has 3 aromatic rings. The van der Waals surface area contributed by atoms with Crippen molar-refractivity contribution < 1.29 is 0 Å². The fourth-order valence-corrected chi connectivity index (χ4v) is 2.27. The van der Waals surface area contributed by atoms with Gasteiger partial charge < -0.3 is 5.73 Å². The summed E-state index contributed by atoms with van der Waals surface area (Å²) < 4.78 is 1.91. The molecule has 3 rings (SSSR count). The maximum Gasteiger partial charge on any atom is 0.0884 e. The Morgan fingerprint density at radius 2 is 1.89 bits per heavy atom. The molecule has 0 radical (unpaired) electrons. The summed E-state index contributed by atoms with van der Waals surface area (Å²) in [5.74, 6) is 0.473. The molecule has 19 heavy (non-hydrogen) atoms. The number of rotatable bonds is 2. The lowest BCUT2D eigenvalue weighted by atomic mass is 10.0. The van der Waals surface area contributed by atoms with Crippen LogP contribution in [0.15, 0.2) is 48.7 Å². The van der Waals surface area contributed by atoms with Gasteiger partial charge in [0.25, 0.3) is 0 Å². The first-order valence-corrected chi connectivity index (χ1v) is 6.49. The Balaban J connectivity index is 2.23. The second-order valence-electron chi connectivity index (χ2n) is 5.09. The van der Waals surface area contributed by atoms with E-state index in [9.17, 15) is 0 Å². The molecule has 3 heteroatoms. The first kappa shape index (κ1) is 11.8. The summed E-state index contributed by atoms with van der Waals surface area (Å²) in [5, 5.41) is 5.59. The third-order valence-electron chi connectivity index (χ3n) is 3.43. The molecule has 2 N–H and O–H groups in total. The summed E-state index contributed by atoms with van der Waals surface area (Å²) in [6.45, 7) is 4.35. The molecule has 0 amide bonds. The third-order valence-corrected chi connectivity index (χ3v) is 3.43. The van der Waals surface area contributed by atoms with Gasteiger partial charge in [-0.3, -0.25) is 0 Å². The Morgan fingerprint density at radius 1 is 1.11 bits per heavy atom. The highest BCUT2D eigenvalue weighted by Crippen LogP contribution is 2.26. The molecule has 0 saturated heterocycles. The lowest BCUT2D eigenvalue weighted by molar-refractivity contribution is 0.854. The number of anilines is 1. The van der Waals surface area contributed by atoms with E-state index < -0.39 is 0 Å². The maximum atomic E-state index is 6.11. The number of aromatic nitrogens is 2. The largest absolute Gasteiger partial charge is 0.397 e. The molecule has 0 spiro atoms. The minimum absolute atomic E-state index is 0.473. The molecule has 96 valence electrons. The summed E-state index contributed by atoms with van der Waals surface area (Å²) in [4.78, 5) is 0. The molecule has 2 aromatic carbocycles. The second-order valence-corrected chi connectivity index (χ2v) is 5.09. The summed E-state index contributed by atoms with van der Waals surface area (Å²) >= 11 is 0. The Kier molecular flexibility index (Phi) is 2.75. The van der Waals surface area contributed by atoms with Crippen molar-refractivity contribution in [1.82, 2.24) is 9.78 Å². The molecule has 1 heterocycles. The van der Waals surface area contributed by atoms with Gasteiger partial charge in [-0.25, -0.2) is 4.68 Å². The molecular weight excluding hydrogens is 234 g/mol. The van der Waals surface area contributed by atoms with Crippen molar-refractivity contribution in [3.05, 3.63) is 54.2 Å². The zero-order chi connectivity index (χ0) is 13.4. The highest BCUT2D eigenvalue weighted by molar-refractivity contribution is 5.81. The van der Waals surface area contributed by atoms with Gasteiger partial charge in [0.2, 0.25) is 0 Å². The number of hydrogen-bond acceptors (Lipinski definition) is 2. The van der Waals surface area contributed by atoms with Crippen molar-refractivity contribution in [3.8, 4) is 5.69 Å². The van der Waals surface area contributed by atoms with E-state index in [0.29, 0.717) is 5.92 Å². The molecule has 1 aromatic heterocycles. The van der Waals surface area contributed by atoms with Crippen LogP contribution in [0.1, 0.15) is 25.3 Å². The van der Waals surface area contributed by atoms with Crippen LogP contribution in [0.3, 0.4) is 0 Å². The minimum atomic E-state index is 0.473. The van der Waals surface area contributed by atoms with E-state index >= 15 is 0 Å². The van der Waals surface area contributed by atoms with E-state index in [4.69, 9.17) is 5.73 Å². The van der Waals surface area contributed by atoms with Crippen molar-refractivity contribution in [2.45, 2.75) is 19.8 Å². The van der Waals surface area contributed by atoms with Gasteiger partial charge >= 0.3 is 0 Å². The quantitative estimate of drug-likeness (QED) is 0.705. The molecular formula is C16H17N3. The fourth-order valence-electron chi connectivity index (χ4n) is 2.27. The summed E-state index contributed by atoms with van der Waals surface area (Å²) in [6.07, 6.45) is 1.87. The van der Waals surface area contributed by atoms with E-state index in [1.54, 1.807) is 0 Å². The molecule has 0 bridgehead atoms. The van der Waals surface area contributed by atoms with Crippen LogP contribution >= 0.6 is 0 Å². The van der Waals surface area contributed by atoms with Crippen LogP contribution in [0.25, 0.3) is 16.6 Å². The molecule has 0 fully saturated rings. The van der Waals surface area contributed by atoms with Crippen LogP contribution in [0.4, 0.5) is 5.69 Å². The van der Waals surface area contributed by atoms with E-state index in [-0.39, 0.29) is 0 Å². The number of benzene rings is 2. The second kappa shape index (κ2) is 4.43. The van der Waals surface area contributed by atoms with E-state index in [0.717, 1.165) is 22.3 Å². The Bertz CT molecular complexity index is 726. The standard InChI is InChI=1S/C16H17N3/c1-11(2)12-7-8-14(17)16(9-12)19-15-6-4-3-5-13(15)10-18-19/h3-11H,17H2,1-2H3. The van der Waals surface area contributed by atoms with E-state index in [2.05, 4.69) is 43.2 Å². The predicted molar refractivity (Wildman–Crippen MR) is 79.6 cm³/mol. The number of nitrogen functional groups attached to an aromatic ring is 1. The van der Waals surface area contributed by atoms with Crippen LogP contribution in [-0.4, -0.2) is 9.78 Å². The van der Waals surface area contributed by atoms with Crippen molar-refractivity contribution in [1.29, 1.82) is 0 Å². The Hall–Kier alpha value is -2.29. The fraction of sp³-hybridized carbons (Fsp3) is 0.188. The van der Waals surface area contributed by atoms with Crippen molar-refractivity contribution in [2.75, 3.05) is 5.73 Å². The number of nitrogens with zero attached hydrogens (tertiary/aromatic N) is 2. The highest BCUT2D eigenvalue weighted by atomic mass is 15.3.